The lowest BCUT2D eigenvalue weighted by atomic mass is 9.76. The van der Waals surface area contributed by atoms with Crippen LogP contribution in [0, 0.1) is 19.3 Å². The van der Waals surface area contributed by atoms with Crippen LogP contribution in [-0.4, -0.2) is 103 Å². The molecule has 1 atom stereocenters. The van der Waals surface area contributed by atoms with E-state index in [-0.39, 0.29) is 23.3 Å². The molecule has 3 aliphatic heterocycles. The molecule has 1 aromatic rings. The third kappa shape index (κ3) is 3.80. The zero-order chi connectivity index (χ0) is 20.8. The number of rotatable bonds is 2. The van der Waals surface area contributed by atoms with Gasteiger partial charge in [0.2, 0.25) is 5.91 Å². The van der Waals surface area contributed by atoms with Crippen molar-refractivity contribution in [3.05, 3.63) is 17.0 Å². The number of likely N-dealkylation sites (tertiary alicyclic amines) is 2. The van der Waals surface area contributed by atoms with E-state index in [0.29, 0.717) is 17.0 Å². The van der Waals surface area contributed by atoms with E-state index in [4.69, 9.17) is 4.52 Å². The average Bonchev–Trinajstić information content (AvgIpc) is 3.20. The van der Waals surface area contributed by atoms with Gasteiger partial charge in [0.15, 0.2) is 0 Å². The fourth-order valence-corrected chi connectivity index (χ4v) is 5.28. The van der Waals surface area contributed by atoms with Gasteiger partial charge in [0, 0.05) is 45.8 Å². The van der Waals surface area contributed by atoms with Crippen LogP contribution in [-0.2, 0) is 4.79 Å². The van der Waals surface area contributed by atoms with E-state index < -0.39 is 0 Å². The molecule has 0 aromatic carbocycles. The maximum atomic E-state index is 13.1. The average molecular weight is 404 g/mol. The van der Waals surface area contributed by atoms with Crippen molar-refractivity contribution < 1.29 is 14.1 Å². The fraction of sp³-hybridized carbons (Fsp3) is 0.762. The lowest BCUT2D eigenvalue weighted by Crippen LogP contribution is -2.52. The summed E-state index contributed by atoms with van der Waals surface area (Å²) in [4.78, 5) is 34.5. The van der Waals surface area contributed by atoms with Crippen LogP contribution in [0.15, 0.2) is 4.52 Å². The van der Waals surface area contributed by atoms with Crippen LogP contribution in [0.2, 0.25) is 0 Å². The summed E-state index contributed by atoms with van der Waals surface area (Å²) in [6, 6.07) is -0.0248. The van der Waals surface area contributed by atoms with Gasteiger partial charge >= 0.3 is 0 Å². The third-order valence-corrected chi connectivity index (χ3v) is 7.20. The van der Waals surface area contributed by atoms with E-state index in [1.165, 1.54) is 0 Å². The number of nitrogens with zero attached hydrogens (tertiary/aromatic N) is 5. The van der Waals surface area contributed by atoms with Gasteiger partial charge in [0.25, 0.3) is 5.91 Å². The van der Waals surface area contributed by atoms with E-state index in [2.05, 4.69) is 29.1 Å². The van der Waals surface area contributed by atoms with Gasteiger partial charge < -0.3 is 19.2 Å². The highest BCUT2D eigenvalue weighted by atomic mass is 16.5. The lowest BCUT2D eigenvalue weighted by Gasteiger charge is -2.39. The summed E-state index contributed by atoms with van der Waals surface area (Å²) < 4.78 is 5.17. The molecule has 8 heteroatoms. The Morgan fingerprint density at radius 2 is 1.66 bits per heavy atom. The molecule has 0 saturated carbocycles. The minimum atomic E-state index is -0.0248. The number of likely N-dealkylation sites (N-methyl/N-ethyl adjacent to an activating group) is 2. The molecule has 3 fully saturated rings. The van der Waals surface area contributed by atoms with Gasteiger partial charge in [-0.1, -0.05) is 5.16 Å². The van der Waals surface area contributed by atoms with Crippen molar-refractivity contribution in [2.75, 3.05) is 59.9 Å². The Balaban J connectivity index is 1.37. The summed E-state index contributed by atoms with van der Waals surface area (Å²) in [6.07, 6.45) is 2.79. The third-order valence-electron chi connectivity index (χ3n) is 7.20. The zero-order valence-corrected chi connectivity index (χ0v) is 18.1. The van der Waals surface area contributed by atoms with E-state index in [0.717, 1.165) is 65.1 Å². The first-order valence-electron chi connectivity index (χ1n) is 10.7. The van der Waals surface area contributed by atoms with Crippen molar-refractivity contribution in [2.45, 2.75) is 39.2 Å². The minimum Gasteiger partial charge on any atom is -0.361 e. The Morgan fingerprint density at radius 3 is 2.24 bits per heavy atom. The first-order chi connectivity index (χ1) is 13.8. The predicted octanol–water partition coefficient (Wildman–Crippen LogP) is 0.992. The molecule has 2 amide bonds. The molecule has 4 heterocycles. The largest absolute Gasteiger partial charge is 0.361 e. The number of carbonyl (C=O) groups is 2. The number of aryl methyl sites for hydroxylation is 2. The van der Waals surface area contributed by atoms with Gasteiger partial charge in [0.1, 0.15) is 11.3 Å². The van der Waals surface area contributed by atoms with Gasteiger partial charge in [-0.25, -0.2) is 0 Å². The van der Waals surface area contributed by atoms with Crippen LogP contribution in [0.5, 0.6) is 0 Å². The van der Waals surface area contributed by atoms with Crippen molar-refractivity contribution in [2.24, 2.45) is 5.41 Å². The zero-order valence-electron chi connectivity index (χ0n) is 18.1. The lowest BCUT2D eigenvalue weighted by molar-refractivity contribution is -0.137. The molecule has 1 spiro atoms. The fourth-order valence-electron chi connectivity index (χ4n) is 5.28. The van der Waals surface area contributed by atoms with Crippen LogP contribution < -0.4 is 0 Å². The number of aromatic nitrogens is 1. The van der Waals surface area contributed by atoms with Gasteiger partial charge in [-0.2, -0.15) is 0 Å². The number of piperazine rings is 1. The quantitative estimate of drug-likeness (QED) is 0.733. The Labute approximate surface area is 172 Å². The molecule has 1 unspecified atom stereocenters. The molecular formula is C21H33N5O3. The highest BCUT2D eigenvalue weighted by molar-refractivity contribution is 5.96. The highest BCUT2D eigenvalue weighted by Crippen LogP contribution is 2.43. The molecule has 3 saturated heterocycles. The summed E-state index contributed by atoms with van der Waals surface area (Å²) in [6.45, 7) is 9.55. The summed E-state index contributed by atoms with van der Waals surface area (Å²) in [7, 11) is 4.19. The minimum absolute atomic E-state index is 0.0208. The predicted molar refractivity (Wildman–Crippen MR) is 109 cm³/mol. The number of amides is 2. The van der Waals surface area contributed by atoms with Gasteiger partial charge in [-0.3, -0.25) is 14.5 Å². The van der Waals surface area contributed by atoms with Crippen molar-refractivity contribution in [1.29, 1.82) is 0 Å². The number of hydrogen-bond donors (Lipinski definition) is 0. The van der Waals surface area contributed by atoms with Crippen molar-refractivity contribution >= 4 is 11.8 Å². The second kappa shape index (κ2) is 7.72. The highest BCUT2D eigenvalue weighted by Gasteiger charge is 2.48. The van der Waals surface area contributed by atoms with Crippen LogP contribution in [0.1, 0.15) is 41.1 Å². The maximum Gasteiger partial charge on any atom is 0.259 e. The second-order valence-corrected chi connectivity index (χ2v) is 9.25. The monoisotopic (exact) mass is 403 g/mol. The van der Waals surface area contributed by atoms with Crippen LogP contribution in [0.25, 0.3) is 0 Å². The number of carbonyl (C=O) groups excluding carboxylic acids is 2. The van der Waals surface area contributed by atoms with Crippen molar-refractivity contribution in [3.63, 3.8) is 0 Å². The van der Waals surface area contributed by atoms with Crippen molar-refractivity contribution in [1.82, 2.24) is 24.8 Å². The standard InChI is InChI=1S/C21H33N5O3/c1-15-18(16(2)29-22-15)20(28)25-7-5-21(6-8-25)13-17(24(4)14-21)19(27)26-11-9-23(3)10-12-26/h17H,5-14H2,1-4H3. The molecule has 160 valence electrons. The molecule has 0 bridgehead atoms. The molecule has 8 nitrogen and oxygen atoms in total. The van der Waals surface area contributed by atoms with Crippen molar-refractivity contribution in [3.8, 4) is 0 Å². The number of hydrogen-bond acceptors (Lipinski definition) is 6. The summed E-state index contributed by atoms with van der Waals surface area (Å²) in [5, 5.41) is 3.92. The topological polar surface area (TPSA) is 73.1 Å². The molecule has 29 heavy (non-hydrogen) atoms. The molecule has 0 N–H and O–H groups in total. The van der Waals surface area contributed by atoms with Gasteiger partial charge in [-0.05, 0) is 52.6 Å². The summed E-state index contributed by atoms with van der Waals surface area (Å²) in [5.41, 5.74) is 1.40. The Hall–Kier alpha value is -1.93. The second-order valence-electron chi connectivity index (χ2n) is 9.25. The summed E-state index contributed by atoms with van der Waals surface area (Å²) in [5.74, 6) is 0.894. The molecule has 3 aliphatic rings. The van der Waals surface area contributed by atoms with E-state index in [1.54, 1.807) is 6.92 Å². The normalized spacial score (nSPS) is 25.7. The molecular weight excluding hydrogens is 370 g/mol. The molecule has 0 radical (unpaired) electrons. The molecule has 1 aromatic heterocycles. The van der Waals surface area contributed by atoms with Crippen LogP contribution in [0.4, 0.5) is 0 Å². The first kappa shape index (κ1) is 20.3. The van der Waals surface area contributed by atoms with Crippen LogP contribution >= 0.6 is 0 Å². The number of piperidine rings is 1. The Kier molecular flexibility index (Phi) is 5.42. The van der Waals surface area contributed by atoms with Crippen LogP contribution in [0.3, 0.4) is 0 Å². The Bertz CT molecular complexity index is 756. The Morgan fingerprint density at radius 1 is 1.00 bits per heavy atom. The molecule has 4 rings (SSSR count). The van der Waals surface area contributed by atoms with E-state index in [1.807, 2.05) is 16.7 Å². The maximum absolute atomic E-state index is 13.1. The SMILES string of the molecule is Cc1noc(C)c1C(=O)N1CCC2(CC1)CC(C(=O)N1CCN(C)CC1)N(C)C2. The van der Waals surface area contributed by atoms with E-state index >= 15 is 0 Å². The first-order valence-corrected chi connectivity index (χ1v) is 10.7. The summed E-state index contributed by atoms with van der Waals surface area (Å²) >= 11 is 0. The smallest absolute Gasteiger partial charge is 0.259 e. The van der Waals surface area contributed by atoms with Gasteiger partial charge in [-0.15, -0.1) is 0 Å². The van der Waals surface area contributed by atoms with E-state index in [9.17, 15) is 9.59 Å². The van der Waals surface area contributed by atoms with Gasteiger partial charge in [0.05, 0.1) is 11.7 Å². The molecule has 0 aliphatic carbocycles.